The van der Waals surface area contributed by atoms with E-state index in [1.54, 1.807) is 6.07 Å². The molecule has 1 fully saturated rings. The number of hydrogen-bond acceptors (Lipinski definition) is 4. The van der Waals surface area contributed by atoms with Gasteiger partial charge in [-0.2, -0.15) is 0 Å². The summed E-state index contributed by atoms with van der Waals surface area (Å²) >= 11 is 0. The minimum atomic E-state index is -0.562. The van der Waals surface area contributed by atoms with E-state index in [9.17, 15) is 4.79 Å². The highest BCUT2D eigenvalue weighted by Crippen LogP contribution is 2.36. The number of aldehydes is 1. The molecule has 3 rings (SSSR count). The van der Waals surface area contributed by atoms with E-state index in [2.05, 4.69) is 0 Å². The van der Waals surface area contributed by atoms with Gasteiger partial charge in [0.15, 0.2) is 0 Å². The van der Waals surface area contributed by atoms with E-state index < -0.39 is 18.3 Å². The lowest BCUT2D eigenvalue weighted by atomic mass is 9.76. The highest BCUT2D eigenvalue weighted by molar-refractivity contribution is 6.63. The Bertz CT molecular complexity index is 740. The molecule has 25 heavy (non-hydrogen) atoms. The topological polar surface area (TPSA) is 44.8 Å². The maximum atomic E-state index is 11.6. The quantitative estimate of drug-likeness (QED) is 0.619. The largest absolute Gasteiger partial charge is 0.495 e. The molecule has 2 aromatic carbocycles. The molecule has 0 saturated carbocycles. The lowest BCUT2D eigenvalue weighted by Crippen LogP contribution is -2.41. The second-order valence-electron chi connectivity index (χ2n) is 7.27. The molecule has 4 nitrogen and oxygen atoms in total. The molecule has 0 amide bonds. The first-order chi connectivity index (χ1) is 11.8. The molecule has 1 heterocycles. The summed E-state index contributed by atoms with van der Waals surface area (Å²) in [6.45, 7) is 8.42. The van der Waals surface area contributed by atoms with Crippen molar-refractivity contribution < 1.29 is 18.8 Å². The molecule has 1 saturated heterocycles. The molecule has 0 radical (unpaired) electrons. The van der Waals surface area contributed by atoms with Gasteiger partial charge in [-0.05, 0) is 50.9 Å². The third kappa shape index (κ3) is 3.62. The van der Waals surface area contributed by atoms with Crippen LogP contribution in [-0.4, -0.2) is 24.6 Å². The van der Waals surface area contributed by atoms with Crippen LogP contribution in [0.2, 0.25) is 0 Å². The van der Waals surface area contributed by atoms with Gasteiger partial charge in [0.25, 0.3) is 0 Å². The van der Waals surface area contributed by atoms with Gasteiger partial charge >= 0.3 is 7.12 Å². The molecule has 130 valence electrons. The SMILES string of the molecule is CC1(C)OB(c2ccc(OCc3ccccc3)cc2C=O)OC1(C)C. The van der Waals surface area contributed by atoms with Crippen molar-refractivity contribution in [2.24, 2.45) is 0 Å². The summed E-state index contributed by atoms with van der Waals surface area (Å²) in [4.78, 5) is 11.6. The molecule has 0 aromatic heterocycles. The van der Waals surface area contributed by atoms with Crippen LogP contribution < -0.4 is 10.2 Å². The monoisotopic (exact) mass is 338 g/mol. The molecule has 0 spiro atoms. The third-order valence-electron chi connectivity index (χ3n) is 4.94. The van der Waals surface area contributed by atoms with Crippen LogP contribution in [0, 0.1) is 0 Å². The number of ether oxygens (including phenoxy) is 1. The molecular weight excluding hydrogens is 315 g/mol. The fourth-order valence-electron chi connectivity index (χ4n) is 2.67. The van der Waals surface area contributed by atoms with E-state index >= 15 is 0 Å². The number of carbonyl (C=O) groups excluding carboxylic acids is 1. The first kappa shape index (κ1) is 17.7. The normalized spacial score (nSPS) is 18.2. The third-order valence-corrected chi connectivity index (χ3v) is 4.94. The Hall–Kier alpha value is -2.11. The molecule has 0 aliphatic carbocycles. The zero-order valence-corrected chi connectivity index (χ0v) is 15.1. The molecule has 0 atom stereocenters. The van der Waals surface area contributed by atoms with E-state index in [1.807, 2.05) is 70.2 Å². The van der Waals surface area contributed by atoms with E-state index in [0.717, 1.165) is 17.3 Å². The molecule has 0 N–H and O–H groups in total. The van der Waals surface area contributed by atoms with E-state index in [4.69, 9.17) is 14.0 Å². The molecule has 0 bridgehead atoms. The Kier molecular flexibility index (Phi) is 4.72. The van der Waals surface area contributed by atoms with E-state index in [0.29, 0.717) is 17.9 Å². The minimum absolute atomic E-state index is 0.444. The van der Waals surface area contributed by atoms with Crippen LogP contribution in [0.3, 0.4) is 0 Å². The lowest BCUT2D eigenvalue weighted by molar-refractivity contribution is 0.00578. The number of hydrogen-bond donors (Lipinski definition) is 0. The van der Waals surface area contributed by atoms with Gasteiger partial charge in [0.2, 0.25) is 0 Å². The average molecular weight is 338 g/mol. The van der Waals surface area contributed by atoms with Gasteiger partial charge in [-0.25, -0.2) is 0 Å². The van der Waals surface area contributed by atoms with Crippen LogP contribution in [0.1, 0.15) is 43.6 Å². The summed E-state index contributed by atoms with van der Waals surface area (Å²) in [6, 6.07) is 15.3. The van der Waals surface area contributed by atoms with Crippen molar-refractivity contribution in [2.45, 2.75) is 45.5 Å². The number of rotatable bonds is 5. The van der Waals surface area contributed by atoms with Crippen LogP contribution in [0.5, 0.6) is 5.75 Å². The van der Waals surface area contributed by atoms with Crippen molar-refractivity contribution in [3.63, 3.8) is 0 Å². The van der Waals surface area contributed by atoms with Crippen LogP contribution in [0.25, 0.3) is 0 Å². The molecule has 2 aromatic rings. The summed E-state index contributed by atoms with van der Waals surface area (Å²) < 4.78 is 17.9. The van der Waals surface area contributed by atoms with Gasteiger partial charge in [-0.1, -0.05) is 36.4 Å². The van der Waals surface area contributed by atoms with Crippen LogP contribution in [0.15, 0.2) is 48.5 Å². The zero-order valence-electron chi connectivity index (χ0n) is 15.1. The second kappa shape index (κ2) is 6.66. The minimum Gasteiger partial charge on any atom is -0.489 e. The summed E-state index contributed by atoms with van der Waals surface area (Å²) in [7, 11) is -0.562. The standard InChI is InChI=1S/C20H23BO4/c1-19(2)20(3,4)25-21(24-19)18-11-10-17(12-16(18)13-22)23-14-15-8-6-5-7-9-15/h5-13H,14H2,1-4H3. The molecule has 1 aliphatic rings. The van der Waals surface area contributed by atoms with Gasteiger partial charge in [0.05, 0.1) is 11.2 Å². The molecule has 5 heteroatoms. The van der Waals surface area contributed by atoms with Crippen molar-refractivity contribution in [3.05, 3.63) is 59.7 Å². The maximum Gasteiger partial charge on any atom is 0.495 e. The highest BCUT2D eigenvalue weighted by atomic mass is 16.7. The van der Waals surface area contributed by atoms with E-state index in [-0.39, 0.29) is 0 Å². The van der Waals surface area contributed by atoms with E-state index in [1.165, 1.54) is 0 Å². The molecule has 0 unspecified atom stereocenters. The Morgan fingerprint density at radius 2 is 1.64 bits per heavy atom. The van der Waals surface area contributed by atoms with Gasteiger partial charge in [0.1, 0.15) is 18.6 Å². The van der Waals surface area contributed by atoms with Crippen molar-refractivity contribution in [3.8, 4) is 5.75 Å². The molecular formula is C20H23BO4. The predicted molar refractivity (Wildman–Crippen MR) is 98.3 cm³/mol. The van der Waals surface area contributed by atoms with Crippen molar-refractivity contribution >= 4 is 18.9 Å². The fraction of sp³-hybridized carbons (Fsp3) is 0.350. The number of carbonyl (C=O) groups is 1. The van der Waals surface area contributed by atoms with Crippen molar-refractivity contribution in [1.29, 1.82) is 0 Å². The Labute approximate surface area is 149 Å². The van der Waals surface area contributed by atoms with Gasteiger partial charge in [0, 0.05) is 5.56 Å². The molecule has 1 aliphatic heterocycles. The Morgan fingerprint density at radius 1 is 1.00 bits per heavy atom. The first-order valence-corrected chi connectivity index (χ1v) is 8.44. The van der Waals surface area contributed by atoms with Gasteiger partial charge < -0.3 is 14.0 Å². The summed E-state index contributed by atoms with van der Waals surface area (Å²) in [6.07, 6.45) is 0.815. The van der Waals surface area contributed by atoms with Crippen LogP contribution in [-0.2, 0) is 15.9 Å². The first-order valence-electron chi connectivity index (χ1n) is 8.44. The van der Waals surface area contributed by atoms with Crippen LogP contribution in [0.4, 0.5) is 0 Å². The van der Waals surface area contributed by atoms with Gasteiger partial charge in [-0.3, -0.25) is 4.79 Å². The Balaban J connectivity index is 1.78. The van der Waals surface area contributed by atoms with Crippen LogP contribution >= 0.6 is 0 Å². The Morgan fingerprint density at radius 3 is 2.24 bits per heavy atom. The smallest absolute Gasteiger partial charge is 0.489 e. The summed E-state index contributed by atoms with van der Waals surface area (Å²) in [5.41, 5.74) is 1.43. The average Bonchev–Trinajstić information content (AvgIpc) is 2.81. The van der Waals surface area contributed by atoms with Gasteiger partial charge in [-0.15, -0.1) is 0 Å². The summed E-state index contributed by atoms with van der Waals surface area (Å²) in [5, 5.41) is 0. The predicted octanol–water partition coefficient (Wildman–Crippen LogP) is 3.38. The zero-order chi connectivity index (χ0) is 18.1. The highest BCUT2D eigenvalue weighted by Gasteiger charge is 2.52. The fourth-order valence-corrected chi connectivity index (χ4v) is 2.67. The summed E-state index contributed by atoms with van der Waals surface area (Å²) in [5.74, 6) is 0.645. The van der Waals surface area contributed by atoms with Crippen molar-refractivity contribution in [2.75, 3.05) is 0 Å². The van der Waals surface area contributed by atoms with Crippen molar-refractivity contribution in [1.82, 2.24) is 0 Å². The second-order valence-corrected chi connectivity index (χ2v) is 7.27. The number of benzene rings is 2. The lowest BCUT2D eigenvalue weighted by Gasteiger charge is -2.32. The maximum absolute atomic E-state index is 11.6.